The molecular formula is C20H17N5O. The van der Waals surface area contributed by atoms with Gasteiger partial charge in [-0.2, -0.15) is 9.78 Å². The van der Waals surface area contributed by atoms with Crippen molar-refractivity contribution in [3.05, 3.63) is 77.7 Å². The molecule has 4 rings (SSSR count). The molecule has 1 aromatic carbocycles. The Morgan fingerprint density at radius 2 is 1.92 bits per heavy atom. The van der Waals surface area contributed by atoms with E-state index in [1.165, 1.54) is 6.20 Å². The number of amides is 1. The Hall–Kier alpha value is -3.54. The molecule has 0 aliphatic carbocycles. The van der Waals surface area contributed by atoms with Crippen LogP contribution in [0.25, 0.3) is 16.7 Å². The van der Waals surface area contributed by atoms with Gasteiger partial charge in [-0.1, -0.05) is 18.2 Å². The van der Waals surface area contributed by atoms with Crippen LogP contribution in [0, 0.1) is 13.8 Å². The molecule has 128 valence electrons. The van der Waals surface area contributed by atoms with E-state index in [0.717, 1.165) is 22.2 Å². The Labute approximate surface area is 150 Å². The van der Waals surface area contributed by atoms with Crippen LogP contribution in [-0.4, -0.2) is 25.7 Å². The van der Waals surface area contributed by atoms with E-state index >= 15 is 0 Å². The summed E-state index contributed by atoms with van der Waals surface area (Å²) in [5.74, 6) is 0.992. The number of fused-ring (bicyclic) bond motifs is 1. The molecule has 3 heterocycles. The van der Waals surface area contributed by atoms with Gasteiger partial charge in [0.1, 0.15) is 5.82 Å². The van der Waals surface area contributed by atoms with Gasteiger partial charge in [0.15, 0.2) is 5.82 Å². The Kier molecular flexibility index (Phi) is 3.93. The van der Waals surface area contributed by atoms with Gasteiger partial charge in [0.05, 0.1) is 16.8 Å². The van der Waals surface area contributed by atoms with Gasteiger partial charge in [0.25, 0.3) is 5.91 Å². The number of rotatable bonds is 3. The van der Waals surface area contributed by atoms with Crippen LogP contribution >= 0.6 is 0 Å². The zero-order chi connectivity index (χ0) is 18.1. The van der Waals surface area contributed by atoms with Crippen LogP contribution in [0.1, 0.15) is 21.6 Å². The molecule has 0 unspecified atom stereocenters. The molecular weight excluding hydrogens is 326 g/mol. The fraction of sp³-hybridized carbons (Fsp3) is 0.100. The molecule has 0 spiro atoms. The minimum Gasteiger partial charge on any atom is -0.306 e. The number of carbonyl (C=O) groups is 1. The van der Waals surface area contributed by atoms with Crippen LogP contribution in [0.4, 0.5) is 5.82 Å². The maximum atomic E-state index is 12.5. The van der Waals surface area contributed by atoms with Crippen molar-refractivity contribution in [1.29, 1.82) is 0 Å². The van der Waals surface area contributed by atoms with Gasteiger partial charge in [-0.25, -0.2) is 4.98 Å². The predicted molar refractivity (Wildman–Crippen MR) is 101 cm³/mol. The van der Waals surface area contributed by atoms with Crippen molar-refractivity contribution in [3.63, 3.8) is 0 Å². The number of nitrogens with zero attached hydrogens (tertiary/aromatic N) is 4. The highest BCUT2D eigenvalue weighted by atomic mass is 16.1. The summed E-state index contributed by atoms with van der Waals surface area (Å²) in [6.45, 7) is 3.92. The Morgan fingerprint density at radius 3 is 2.73 bits per heavy atom. The molecule has 0 radical (unpaired) electrons. The quantitative estimate of drug-likeness (QED) is 0.616. The van der Waals surface area contributed by atoms with Crippen LogP contribution in [0.3, 0.4) is 0 Å². The molecule has 0 atom stereocenters. The third-order valence-electron chi connectivity index (χ3n) is 4.12. The number of hydrogen-bond donors (Lipinski definition) is 1. The predicted octanol–water partition coefficient (Wildman–Crippen LogP) is 3.68. The Morgan fingerprint density at radius 1 is 1.08 bits per heavy atom. The largest absolute Gasteiger partial charge is 0.306 e. The molecule has 0 aliphatic rings. The number of pyridine rings is 2. The molecule has 0 fully saturated rings. The summed E-state index contributed by atoms with van der Waals surface area (Å²) in [5.41, 5.74) is 3.27. The molecule has 6 heteroatoms. The Bertz CT molecular complexity index is 1100. The lowest BCUT2D eigenvalue weighted by atomic mass is 10.1. The van der Waals surface area contributed by atoms with Gasteiger partial charge < -0.3 is 5.32 Å². The smallest absolute Gasteiger partial charge is 0.258 e. The first-order valence-corrected chi connectivity index (χ1v) is 8.26. The van der Waals surface area contributed by atoms with Gasteiger partial charge in [0, 0.05) is 23.8 Å². The number of nitrogens with one attached hydrogen (secondary N) is 1. The van der Waals surface area contributed by atoms with E-state index in [0.29, 0.717) is 17.2 Å². The fourth-order valence-corrected chi connectivity index (χ4v) is 2.89. The van der Waals surface area contributed by atoms with Crippen molar-refractivity contribution < 1.29 is 4.79 Å². The van der Waals surface area contributed by atoms with Crippen LogP contribution in [0.15, 0.2) is 60.9 Å². The number of aryl methyl sites for hydroxylation is 2. The average Bonchev–Trinajstić information content (AvgIpc) is 3.02. The summed E-state index contributed by atoms with van der Waals surface area (Å²) in [7, 11) is 0. The SMILES string of the molecule is Cc1cc(NC(=O)c2cccnc2)n(-c2cc(C)c3ccccc3n2)n1. The maximum Gasteiger partial charge on any atom is 0.258 e. The highest BCUT2D eigenvalue weighted by molar-refractivity contribution is 6.03. The molecule has 0 bridgehead atoms. The zero-order valence-corrected chi connectivity index (χ0v) is 14.5. The first kappa shape index (κ1) is 16.0. The van der Waals surface area contributed by atoms with E-state index in [2.05, 4.69) is 15.4 Å². The number of aromatic nitrogens is 4. The summed E-state index contributed by atoms with van der Waals surface area (Å²) < 4.78 is 1.66. The van der Waals surface area contributed by atoms with E-state index in [1.807, 2.05) is 50.2 Å². The summed E-state index contributed by atoms with van der Waals surface area (Å²) in [6, 6.07) is 15.2. The lowest BCUT2D eigenvalue weighted by Gasteiger charge is -2.10. The van der Waals surface area contributed by atoms with Crippen molar-refractivity contribution in [1.82, 2.24) is 19.7 Å². The highest BCUT2D eigenvalue weighted by Gasteiger charge is 2.14. The summed E-state index contributed by atoms with van der Waals surface area (Å²) in [5, 5.41) is 8.49. The summed E-state index contributed by atoms with van der Waals surface area (Å²) in [4.78, 5) is 21.2. The minimum atomic E-state index is -0.239. The molecule has 1 amide bonds. The monoisotopic (exact) mass is 343 g/mol. The zero-order valence-electron chi connectivity index (χ0n) is 14.5. The number of hydrogen-bond acceptors (Lipinski definition) is 4. The molecule has 4 aromatic rings. The Balaban J connectivity index is 1.75. The molecule has 0 saturated carbocycles. The third-order valence-corrected chi connectivity index (χ3v) is 4.12. The summed E-state index contributed by atoms with van der Waals surface area (Å²) in [6.07, 6.45) is 3.16. The topological polar surface area (TPSA) is 72.7 Å². The van der Waals surface area contributed by atoms with Gasteiger partial charge >= 0.3 is 0 Å². The van der Waals surface area contributed by atoms with Crippen molar-refractivity contribution in [2.45, 2.75) is 13.8 Å². The first-order chi connectivity index (χ1) is 12.6. The van der Waals surface area contributed by atoms with E-state index in [9.17, 15) is 4.79 Å². The lowest BCUT2D eigenvalue weighted by molar-refractivity contribution is 0.102. The maximum absolute atomic E-state index is 12.5. The minimum absolute atomic E-state index is 0.239. The van der Waals surface area contributed by atoms with Crippen LogP contribution in [-0.2, 0) is 0 Å². The van der Waals surface area contributed by atoms with Crippen molar-refractivity contribution in [2.24, 2.45) is 0 Å². The van der Waals surface area contributed by atoms with E-state index in [-0.39, 0.29) is 5.91 Å². The normalized spacial score (nSPS) is 10.8. The number of para-hydroxylation sites is 1. The second-order valence-electron chi connectivity index (χ2n) is 6.09. The van der Waals surface area contributed by atoms with Crippen LogP contribution in [0.5, 0.6) is 0 Å². The van der Waals surface area contributed by atoms with Gasteiger partial charge in [-0.3, -0.25) is 9.78 Å². The lowest BCUT2D eigenvalue weighted by Crippen LogP contribution is -2.15. The third kappa shape index (κ3) is 2.93. The van der Waals surface area contributed by atoms with Crippen molar-refractivity contribution >= 4 is 22.6 Å². The molecule has 0 saturated heterocycles. The fourth-order valence-electron chi connectivity index (χ4n) is 2.89. The van der Waals surface area contributed by atoms with E-state index in [1.54, 1.807) is 23.0 Å². The summed E-state index contributed by atoms with van der Waals surface area (Å²) >= 11 is 0. The van der Waals surface area contributed by atoms with Gasteiger partial charge in [-0.05, 0) is 43.7 Å². The number of anilines is 1. The molecule has 1 N–H and O–H groups in total. The second-order valence-corrected chi connectivity index (χ2v) is 6.09. The van der Waals surface area contributed by atoms with E-state index < -0.39 is 0 Å². The highest BCUT2D eigenvalue weighted by Crippen LogP contribution is 2.22. The van der Waals surface area contributed by atoms with Gasteiger partial charge in [-0.15, -0.1) is 0 Å². The van der Waals surface area contributed by atoms with E-state index in [4.69, 9.17) is 4.98 Å². The molecule has 0 aliphatic heterocycles. The van der Waals surface area contributed by atoms with Crippen molar-refractivity contribution in [3.8, 4) is 5.82 Å². The van der Waals surface area contributed by atoms with Crippen LogP contribution < -0.4 is 5.32 Å². The average molecular weight is 343 g/mol. The molecule has 26 heavy (non-hydrogen) atoms. The molecule has 6 nitrogen and oxygen atoms in total. The van der Waals surface area contributed by atoms with Crippen LogP contribution in [0.2, 0.25) is 0 Å². The number of benzene rings is 1. The standard InChI is InChI=1S/C20H17N5O/c1-13-10-18(22-17-8-4-3-7-16(13)17)25-19(11-14(2)24-25)23-20(26)15-6-5-9-21-12-15/h3-12H,1-2H3,(H,23,26). The second kappa shape index (κ2) is 6.40. The van der Waals surface area contributed by atoms with Gasteiger partial charge in [0.2, 0.25) is 0 Å². The number of carbonyl (C=O) groups excluding carboxylic acids is 1. The molecule has 3 aromatic heterocycles. The first-order valence-electron chi connectivity index (χ1n) is 8.26. The van der Waals surface area contributed by atoms with Crippen molar-refractivity contribution in [2.75, 3.05) is 5.32 Å².